The molecular formula is C22H13BrS. The molecule has 0 unspecified atom stereocenters. The summed E-state index contributed by atoms with van der Waals surface area (Å²) >= 11 is 5.46. The Morgan fingerprint density at radius 2 is 1.46 bits per heavy atom. The average molecular weight is 389 g/mol. The van der Waals surface area contributed by atoms with Crippen LogP contribution >= 0.6 is 27.3 Å². The van der Waals surface area contributed by atoms with E-state index in [1.54, 1.807) is 0 Å². The fraction of sp³-hybridized carbons (Fsp3) is 0. The highest BCUT2D eigenvalue weighted by molar-refractivity contribution is 9.10. The van der Waals surface area contributed by atoms with Crippen molar-refractivity contribution in [2.24, 2.45) is 0 Å². The molecule has 2 heteroatoms. The fourth-order valence-electron chi connectivity index (χ4n) is 3.35. The SMILES string of the molecule is Brc1cccc(-c2ccc3c(c2)sc2c4ccccc4ccc32)c1. The second-order valence-corrected chi connectivity index (χ2v) is 7.95. The molecule has 0 aliphatic heterocycles. The van der Waals surface area contributed by atoms with Gasteiger partial charge in [-0.2, -0.15) is 0 Å². The van der Waals surface area contributed by atoms with Crippen molar-refractivity contribution >= 4 is 58.2 Å². The lowest BCUT2D eigenvalue weighted by Crippen LogP contribution is -1.77. The minimum atomic E-state index is 1.11. The van der Waals surface area contributed by atoms with Gasteiger partial charge in [0.15, 0.2) is 0 Å². The second kappa shape index (κ2) is 5.44. The van der Waals surface area contributed by atoms with Gasteiger partial charge < -0.3 is 0 Å². The lowest BCUT2D eigenvalue weighted by atomic mass is 10.0. The van der Waals surface area contributed by atoms with Crippen molar-refractivity contribution in [1.29, 1.82) is 0 Å². The first kappa shape index (κ1) is 14.2. The Hall–Kier alpha value is -2.16. The molecule has 5 aromatic rings. The molecule has 4 aromatic carbocycles. The largest absolute Gasteiger partial charge is 0.135 e. The van der Waals surface area contributed by atoms with Gasteiger partial charge in [-0.1, -0.05) is 76.6 Å². The van der Waals surface area contributed by atoms with E-state index in [-0.39, 0.29) is 0 Å². The van der Waals surface area contributed by atoms with E-state index in [4.69, 9.17) is 0 Å². The first-order valence-corrected chi connectivity index (χ1v) is 9.50. The summed E-state index contributed by atoms with van der Waals surface area (Å²) in [7, 11) is 0. The van der Waals surface area contributed by atoms with Crippen LogP contribution in [0, 0.1) is 0 Å². The molecule has 0 bridgehead atoms. The third kappa shape index (κ3) is 2.18. The molecule has 0 atom stereocenters. The zero-order chi connectivity index (χ0) is 16.1. The Balaban J connectivity index is 1.81. The quantitative estimate of drug-likeness (QED) is 0.276. The third-order valence-electron chi connectivity index (χ3n) is 4.52. The Morgan fingerprint density at radius 1 is 0.625 bits per heavy atom. The van der Waals surface area contributed by atoms with Crippen molar-refractivity contribution in [1.82, 2.24) is 0 Å². The third-order valence-corrected chi connectivity index (χ3v) is 6.22. The summed E-state index contributed by atoms with van der Waals surface area (Å²) < 4.78 is 3.84. The van der Waals surface area contributed by atoms with E-state index in [2.05, 4.69) is 94.8 Å². The Morgan fingerprint density at radius 3 is 2.38 bits per heavy atom. The van der Waals surface area contributed by atoms with Crippen LogP contribution < -0.4 is 0 Å². The van der Waals surface area contributed by atoms with E-state index >= 15 is 0 Å². The van der Waals surface area contributed by atoms with Crippen LogP contribution in [0.4, 0.5) is 0 Å². The number of rotatable bonds is 1. The standard InChI is InChI=1S/C22H13BrS/c23-17-6-3-5-15(12-17)16-9-10-19-20-11-8-14-4-1-2-7-18(14)22(20)24-21(19)13-16/h1-13H. The predicted molar refractivity (Wildman–Crippen MR) is 110 cm³/mol. The number of hydrogen-bond acceptors (Lipinski definition) is 1. The van der Waals surface area contributed by atoms with Gasteiger partial charge in [-0.15, -0.1) is 11.3 Å². The summed E-state index contributed by atoms with van der Waals surface area (Å²) in [5.41, 5.74) is 2.51. The lowest BCUT2D eigenvalue weighted by Gasteiger charge is -2.02. The van der Waals surface area contributed by atoms with Gasteiger partial charge in [0.1, 0.15) is 0 Å². The Labute approximate surface area is 152 Å². The van der Waals surface area contributed by atoms with Crippen molar-refractivity contribution in [2.75, 3.05) is 0 Å². The van der Waals surface area contributed by atoms with Crippen molar-refractivity contribution < 1.29 is 0 Å². The molecule has 0 aliphatic carbocycles. The van der Waals surface area contributed by atoms with Crippen LogP contribution in [0.2, 0.25) is 0 Å². The molecule has 1 aromatic heterocycles. The number of benzene rings is 4. The molecule has 0 saturated carbocycles. The van der Waals surface area contributed by atoms with Crippen LogP contribution in [0.5, 0.6) is 0 Å². The van der Waals surface area contributed by atoms with Crippen LogP contribution in [-0.4, -0.2) is 0 Å². The van der Waals surface area contributed by atoms with Crippen LogP contribution in [0.1, 0.15) is 0 Å². The van der Waals surface area contributed by atoms with Gasteiger partial charge in [0, 0.05) is 24.6 Å². The molecule has 0 amide bonds. The minimum absolute atomic E-state index is 1.11. The first-order valence-electron chi connectivity index (χ1n) is 7.89. The number of thiophene rings is 1. The molecule has 0 saturated heterocycles. The average Bonchev–Trinajstić information content (AvgIpc) is 3.00. The van der Waals surface area contributed by atoms with Crippen LogP contribution in [0.3, 0.4) is 0 Å². The number of fused-ring (bicyclic) bond motifs is 5. The summed E-state index contributed by atoms with van der Waals surface area (Å²) in [6, 6.07) is 28.4. The van der Waals surface area contributed by atoms with Crippen molar-refractivity contribution in [2.45, 2.75) is 0 Å². The molecule has 0 radical (unpaired) electrons. The Kier molecular flexibility index (Phi) is 3.22. The van der Waals surface area contributed by atoms with Gasteiger partial charge in [-0.05, 0) is 40.1 Å². The van der Waals surface area contributed by atoms with Gasteiger partial charge in [-0.25, -0.2) is 0 Å². The molecule has 114 valence electrons. The highest BCUT2D eigenvalue weighted by atomic mass is 79.9. The van der Waals surface area contributed by atoms with Gasteiger partial charge in [0.05, 0.1) is 0 Å². The summed E-state index contributed by atoms with van der Waals surface area (Å²) in [6.07, 6.45) is 0. The van der Waals surface area contributed by atoms with E-state index in [9.17, 15) is 0 Å². The predicted octanol–water partition coefficient (Wildman–Crippen LogP) is 7.64. The van der Waals surface area contributed by atoms with Gasteiger partial charge in [0.25, 0.3) is 0 Å². The topological polar surface area (TPSA) is 0 Å². The molecule has 5 rings (SSSR count). The van der Waals surface area contributed by atoms with E-state index in [0.29, 0.717) is 0 Å². The monoisotopic (exact) mass is 388 g/mol. The summed E-state index contributed by atoms with van der Waals surface area (Å²) in [4.78, 5) is 0. The molecule has 0 nitrogen and oxygen atoms in total. The maximum atomic E-state index is 3.57. The van der Waals surface area contributed by atoms with Crippen molar-refractivity contribution in [3.05, 3.63) is 83.3 Å². The molecular weight excluding hydrogens is 376 g/mol. The highest BCUT2D eigenvalue weighted by Gasteiger charge is 2.09. The highest BCUT2D eigenvalue weighted by Crippen LogP contribution is 2.40. The fourth-order valence-corrected chi connectivity index (χ4v) is 5.03. The van der Waals surface area contributed by atoms with Gasteiger partial charge >= 0.3 is 0 Å². The minimum Gasteiger partial charge on any atom is -0.135 e. The van der Waals surface area contributed by atoms with Crippen LogP contribution in [0.25, 0.3) is 42.1 Å². The zero-order valence-corrected chi connectivity index (χ0v) is 15.2. The van der Waals surface area contributed by atoms with Gasteiger partial charge in [-0.3, -0.25) is 0 Å². The van der Waals surface area contributed by atoms with Crippen LogP contribution in [0.15, 0.2) is 83.3 Å². The lowest BCUT2D eigenvalue weighted by molar-refractivity contribution is 1.62. The summed E-state index contributed by atoms with van der Waals surface area (Å²) in [5, 5.41) is 5.36. The molecule has 1 heterocycles. The first-order chi connectivity index (χ1) is 11.8. The molecule has 0 N–H and O–H groups in total. The molecule has 0 fully saturated rings. The smallest absolute Gasteiger partial charge is 0.0433 e. The van der Waals surface area contributed by atoms with Crippen molar-refractivity contribution in [3.63, 3.8) is 0 Å². The summed E-state index contributed by atoms with van der Waals surface area (Å²) in [5.74, 6) is 0. The zero-order valence-electron chi connectivity index (χ0n) is 12.8. The van der Waals surface area contributed by atoms with Crippen LogP contribution in [-0.2, 0) is 0 Å². The maximum absolute atomic E-state index is 3.57. The van der Waals surface area contributed by atoms with Gasteiger partial charge in [0.2, 0.25) is 0 Å². The second-order valence-electron chi connectivity index (χ2n) is 5.99. The van der Waals surface area contributed by atoms with E-state index in [0.717, 1.165) is 4.47 Å². The molecule has 0 aliphatic rings. The number of hydrogen-bond donors (Lipinski definition) is 0. The van der Waals surface area contributed by atoms with E-state index < -0.39 is 0 Å². The normalized spacial score (nSPS) is 11.5. The Bertz CT molecular complexity index is 1220. The molecule has 0 spiro atoms. The summed E-state index contributed by atoms with van der Waals surface area (Å²) in [6.45, 7) is 0. The van der Waals surface area contributed by atoms with E-state index in [1.165, 1.54) is 42.1 Å². The maximum Gasteiger partial charge on any atom is 0.0433 e. The van der Waals surface area contributed by atoms with Crippen molar-refractivity contribution in [3.8, 4) is 11.1 Å². The molecule has 24 heavy (non-hydrogen) atoms. The number of halogens is 1. The van der Waals surface area contributed by atoms with E-state index in [1.807, 2.05) is 11.3 Å².